The molecular formula is C19H41O2P. The molecule has 2 nitrogen and oxygen atoms in total. The van der Waals surface area contributed by atoms with E-state index in [9.17, 15) is 4.57 Å². The molecule has 0 radical (unpaired) electrons. The molecule has 0 rings (SSSR count). The molecule has 0 bridgehead atoms. The van der Waals surface area contributed by atoms with Crippen LogP contribution in [0.15, 0.2) is 0 Å². The van der Waals surface area contributed by atoms with Crippen molar-refractivity contribution in [1.82, 2.24) is 0 Å². The van der Waals surface area contributed by atoms with Crippen LogP contribution in [0.25, 0.3) is 0 Å². The molecule has 0 aliphatic rings. The van der Waals surface area contributed by atoms with Gasteiger partial charge in [0, 0.05) is 6.16 Å². The summed E-state index contributed by atoms with van der Waals surface area (Å²) in [6.45, 7) is 2.28. The van der Waals surface area contributed by atoms with Crippen molar-refractivity contribution in [3.8, 4) is 0 Å². The van der Waals surface area contributed by atoms with E-state index < -0.39 is 8.03 Å². The molecule has 0 fully saturated rings. The van der Waals surface area contributed by atoms with Crippen molar-refractivity contribution >= 4 is 8.03 Å². The smallest absolute Gasteiger partial charge is 0.189 e. The summed E-state index contributed by atoms with van der Waals surface area (Å²) in [6, 6.07) is 0. The Morgan fingerprint density at radius 1 is 0.545 bits per heavy atom. The van der Waals surface area contributed by atoms with Gasteiger partial charge in [0.1, 0.15) is 0 Å². The molecule has 0 aromatic heterocycles. The Labute approximate surface area is 140 Å². The van der Waals surface area contributed by atoms with E-state index in [0.29, 0.717) is 6.16 Å². The molecule has 0 aliphatic carbocycles. The third-order valence-corrected chi connectivity index (χ3v) is 5.28. The summed E-state index contributed by atoms with van der Waals surface area (Å²) in [7, 11) is -2.20. The molecule has 0 saturated carbocycles. The van der Waals surface area contributed by atoms with Gasteiger partial charge >= 0.3 is 0 Å². The third-order valence-electron chi connectivity index (χ3n) is 4.49. The highest BCUT2D eigenvalue weighted by Crippen LogP contribution is 2.17. The molecule has 0 heterocycles. The molecule has 0 aromatic rings. The monoisotopic (exact) mass is 332 g/mol. The molecule has 0 saturated heterocycles. The largest absolute Gasteiger partial charge is 0.346 e. The van der Waals surface area contributed by atoms with Gasteiger partial charge in [0.25, 0.3) is 0 Å². The number of hydrogen-bond acceptors (Lipinski definition) is 1. The maximum Gasteiger partial charge on any atom is 0.189 e. The standard InChI is InChI=1S/C19H41O2P/c1-2-3-4-5-6-7-8-9-10-11-12-13-14-15-16-17-18-19-22(20)21/h22H,2-19H2,1H3,(H,20,21). The van der Waals surface area contributed by atoms with Gasteiger partial charge in [-0.2, -0.15) is 0 Å². The van der Waals surface area contributed by atoms with Crippen molar-refractivity contribution in [3.05, 3.63) is 0 Å². The van der Waals surface area contributed by atoms with E-state index in [1.165, 1.54) is 96.3 Å². The van der Waals surface area contributed by atoms with E-state index in [1.54, 1.807) is 0 Å². The fourth-order valence-electron chi connectivity index (χ4n) is 3.00. The minimum atomic E-state index is -2.20. The first-order valence-electron chi connectivity index (χ1n) is 9.99. The second-order valence-corrected chi connectivity index (χ2v) is 8.09. The Morgan fingerprint density at radius 2 is 0.818 bits per heavy atom. The van der Waals surface area contributed by atoms with Gasteiger partial charge in [0.15, 0.2) is 8.03 Å². The minimum Gasteiger partial charge on any atom is -0.346 e. The Balaban J connectivity index is 2.95. The highest BCUT2D eigenvalue weighted by Gasteiger charge is 1.96. The number of rotatable bonds is 18. The normalized spacial score (nSPS) is 12.6. The first-order valence-corrected chi connectivity index (χ1v) is 11.6. The van der Waals surface area contributed by atoms with Gasteiger partial charge < -0.3 is 4.89 Å². The zero-order valence-electron chi connectivity index (χ0n) is 15.1. The lowest BCUT2D eigenvalue weighted by atomic mass is 10.0. The van der Waals surface area contributed by atoms with Crippen LogP contribution >= 0.6 is 8.03 Å². The fraction of sp³-hybridized carbons (Fsp3) is 1.00. The maximum atomic E-state index is 10.5. The highest BCUT2D eigenvalue weighted by molar-refractivity contribution is 7.37. The molecule has 22 heavy (non-hydrogen) atoms. The lowest BCUT2D eigenvalue weighted by Gasteiger charge is -2.03. The van der Waals surface area contributed by atoms with E-state index in [2.05, 4.69) is 6.92 Å². The van der Waals surface area contributed by atoms with Crippen LogP contribution in [0.2, 0.25) is 0 Å². The zero-order chi connectivity index (χ0) is 16.3. The van der Waals surface area contributed by atoms with Crippen molar-refractivity contribution in [2.24, 2.45) is 0 Å². The summed E-state index contributed by atoms with van der Waals surface area (Å²) >= 11 is 0. The minimum absolute atomic E-state index is 0.531. The molecule has 0 amide bonds. The first-order chi connectivity index (χ1) is 10.8. The molecular weight excluding hydrogens is 291 g/mol. The van der Waals surface area contributed by atoms with Crippen LogP contribution in [0, 0.1) is 0 Å². The summed E-state index contributed by atoms with van der Waals surface area (Å²) in [4.78, 5) is 8.72. The van der Waals surface area contributed by atoms with Crippen molar-refractivity contribution in [1.29, 1.82) is 0 Å². The lowest BCUT2D eigenvalue weighted by molar-refractivity contribution is 0.497. The molecule has 0 spiro atoms. The van der Waals surface area contributed by atoms with Crippen LogP contribution < -0.4 is 0 Å². The van der Waals surface area contributed by atoms with Crippen molar-refractivity contribution in [2.45, 2.75) is 116 Å². The van der Waals surface area contributed by atoms with Crippen molar-refractivity contribution in [2.75, 3.05) is 6.16 Å². The number of hydrogen-bond donors (Lipinski definition) is 1. The second-order valence-electron chi connectivity index (χ2n) is 6.80. The summed E-state index contributed by atoms with van der Waals surface area (Å²) < 4.78 is 10.5. The molecule has 0 aliphatic heterocycles. The summed E-state index contributed by atoms with van der Waals surface area (Å²) in [5, 5.41) is 0. The van der Waals surface area contributed by atoms with Gasteiger partial charge in [-0.05, 0) is 6.42 Å². The van der Waals surface area contributed by atoms with Crippen LogP contribution in [0.1, 0.15) is 116 Å². The van der Waals surface area contributed by atoms with Gasteiger partial charge in [0.05, 0.1) is 0 Å². The summed E-state index contributed by atoms with van der Waals surface area (Å²) in [5.74, 6) is 0. The Bertz CT molecular complexity index is 231. The van der Waals surface area contributed by atoms with Crippen LogP contribution in [0.4, 0.5) is 0 Å². The Morgan fingerprint density at radius 3 is 1.09 bits per heavy atom. The predicted molar refractivity (Wildman–Crippen MR) is 100 cm³/mol. The average molecular weight is 333 g/mol. The summed E-state index contributed by atoms with van der Waals surface area (Å²) in [5.41, 5.74) is 0. The third kappa shape index (κ3) is 20.2. The van der Waals surface area contributed by atoms with Gasteiger partial charge in [-0.15, -0.1) is 0 Å². The summed E-state index contributed by atoms with van der Waals surface area (Å²) in [6.07, 6.45) is 23.6. The van der Waals surface area contributed by atoms with Gasteiger partial charge in [0.2, 0.25) is 0 Å². The van der Waals surface area contributed by atoms with E-state index in [4.69, 9.17) is 4.89 Å². The van der Waals surface area contributed by atoms with E-state index in [0.717, 1.165) is 12.8 Å². The molecule has 1 N–H and O–H groups in total. The molecule has 1 unspecified atom stereocenters. The number of unbranched alkanes of at least 4 members (excludes halogenated alkanes) is 16. The first kappa shape index (κ1) is 22.2. The molecule has 0 aromatic carbocycles. The van der Waals surface area contributed by atoms with Gasteiger partial charge in [-0.3, -0.25) is 4.57 Å². The molecule has 3 heteroatoms. The van der Waals surface area contributed by atoms with Gasteiger partial charge in [-0.1, -0.05) is 110 Å². The van der Waals surface area contributed by atoms with Crippen LogP contribution in [0.5, 0.6) is 0 Å². The Kier molecular flexibility index (Phi) is 19.4. The molecule has 1 atom stereocenters. The van der Waals surface area contributed by atoms with E-state index >= 15 is 0 Å². The predicted octanol–water partition coefficient (Wildman–Crippen LogP) is 7.11. The highest BCUT2D eigenvalue weighted by atomic mass is 31.1. The fourth-order valence-corrected chi connectivity index (χ4v) is 3.55. The van der Waals surface area contributed by atoms with Crippen LogP contribution in [0.3, 0.4) is 0 Å². The lowest BCUT2D eigenvalue weighted by Crippen LogP contribution is -1.84. The van der Waals surface area contributed by atoms with E-state index in [-0.39, 0.29) is 0 Å². The second kappa shape index (κ2) is 19.2. The van der Waals surface area contributed by atoms with Crippen molar-refractivity contribution < 1.29 is 9.46 Å². The zero-order valence-corrected chi connectivity index (χ0v) is 16.1. The maximum absolute atomic E-state index is 10.5. The van der Waals surface area contributed by atoms with Crippen LogP contribution in [-0.4, -0.2) is 11.1 Å². The SMILES string of the molecule is CCCCCCCCCCCCCCCCCCC[PH](=O)O. The van der Waals surface area contributed by atoms with Crippen LogP contribution in [-0.2, 0) is 4.57 Å². The van der Waals surface area contributed by atoms with Gasteiger partial charge in [-0.25, -0.2) is 0 Å². The average Bonchev–Trinajstić information content (AvgIpc) is 2.50. The Hall–Kier alpha value is 0.190. The van der Waals surface area contributed by atoms with E-state index in [1.807, 2.05) is 0 Å². The topological polar surface area (TPSA) is 37.3 Å². The van der Waals surface area contributed by atoms with Crippen molar-refractivity contribution in [3.63, 3.8) is 0 Å². The quantitative estimate of drug-likeness (QED) is 0.214. The molecule has 134 valence electrons.